The molecule has 1 aliphatic carbocycles. The highest BCUT2D eigenvalue weighted by Gasteiger charge is 2.44. The van der Waals surface area contributed by atoms with Crippen LogP contribution in [0, 0.1) is 5.82 Å². The minimum Gasteiger partial charge on any atom is -0.375 e. The molecule has 2 atom stereocenters. The van der Waals surface area contributed by atoms with Crippen LogP contribution in [0.15, 0.2) is 12.1 Å². The summed E-state index contributed by atoms with van der Waals surface area (Å²) in [5, 5.41) is 8.73. The van der Waals surface area contributed by atoms with Crippen LogP contribution in [-0.4, -0.2) is 40.8 Å². The van der Waals surface area contributed by atoms with E-state index in [1.807, 2.05) is 0 Å². The molecule has 130 valence electrons. The van der Waals surface area contributed by atoms with Gasteiger partial charge in [-0.15, -0.1) is 0 Å². The maximum atomic E-state index is 14.5. The molecular formula is C18H23FN2O3. The number of ether oxygens (including phenoxy) is 1. The van der Waals surface area contributed by atoms with Gasteiger partial charge in [-0.1, -0.05) is 0 Å². The summed E-state index contributed by atoms with van der Waals surface area (Å²) in [6.07, 6.45) is 6.31. The number of halogens is 1. The summed E-state index contributed by atoms with van der Waals surface area (Å²) in [6.45, 7) is 2.33. The molecule has 0 unspecified atom stereocenters. The molecule has 1 aromatic carbocycles. The lowest BCUT2D eigenvalue weighted by molar-refractivity contribution is 0.00287. The number of rotatable bonds is 2. The second-order valence-electron chi connectivity index (χ2n) is 7.29. The van der Waals surface area contributed by atoms with Crippen LogP contribution in [0.4, 0.5) is 4.39 Å². The first-order chi connectivity index (χ1) is 11.6. The molecule has 1 saturated carbocycles. The number of amides is 1. The van der Waals surface area contributed by atoms with E-state index in [4.69, 9.17) is 9.94 Å². The van der Waals surface area contributed by atoms with Crippen molar-refractivity contribution in [1.29, 1.82) is 0 Å². The molecule has 2 N–H and O–H groups in total. The topological polar surface area (TPSA) is 61.8 Å². The van der Waals surface area contributed by atoms with Gasteiger partial charge in [-0.25, -0.2) is 9.87 Å². The van der Waals surface area contributed by atoms with Crippen molar-refractivity contribution >= 4 is 5.91 Å². The van der Waals surface area contributed by atoms with E-state index in [1.54, 1.807) is 11.5 Å². The van der Waals surface area contributed by atoms with E-state index in [9.17, 15) is 9.18 Å². The van der Waals surface area contributed by atoms with E-state index in [-0.39, 0.29) is 17.0 Å². The van der Waals surface area contributed by atoms with Crippen LogP contribution in [0.3, 0.4) is 0 Å². The van der Waals surface area contributed by atoms with E-state index in [0.29, 0.717) is 18.2 Å². The number of fused-ring (bicyclic) bond motifs is 1. The Labute approximate surface area is 140 Å². The predicted octanol–water partition coefficient (Wildman–Crippen LogP) is 2.40. The Kier molecular flexibility index (Phi) is 4.06. The summed E-state index contributed by atoms with van der Waals surface area (Å²) < 4.78 is 20.5. The van der Waals surface area contributed by atoms with Crippen molar-refractivity contribution in [2.24, 2.45) is 0 Å². The van der Waals surface area contributed by atoms with Gasteiger partial charge in [0, 0.05) is 36.9 Å². The summed E-state index contributed by atoms with van der Waals surface area (Å²) in [5.41, 5.74) is 3.36. The zero-order valence-electron chi connectivity index (χ0n) is 13.7. The normalized spacial score (nSPS) is 29.8. The predicted molar refractivity (Wildman–Crippen MR) is 85.3 cm³/mol. The van der Waals surface area contributed by atoms with Gasteiger partial charge in [-0.3, -0.25) is 14.9 Å². The molecule has 1 spiro atoms. The van der Waals surface area contributed by atoms with Gasteiger partial charge in [0.15, 0.2) is 0 Å². The lowest BCUT2D eigenvalue weighted by Gasteiger charge is -2.35. The Hall–Kier alpha value is -1.50. The van der Waals surface area contributed by atoms with Gasteiger partial charge in [0.05, 0.1) is 5.60 Å². The summed E-state index contributed by atoms with van der Waals surface area (Å²) in [7, 11) is 0. The van der Waals surface area contributed by atoms with Crippen molar-refractivity contribution in [2.45, 2.75) is 56.7 Å². The fraction of sp³-hybridized carbons (Fsp3) is 0.611. The van der Waals surface area contributed by atoms with E-state index >= 15 is 0 Å². The van der Waals surface area contributed by atoms with Gasteiger partial charge < -0.3 is 4.74 Å². The zero-order valence-corrected chi connectivity index (χ0v) is 13.7. The number of nitrogens with one attached hydrogen (secondary N) is 1. The van der Waals surface area contributed by atoms with Crippen molar-refractivity contribution < 1.29 is 19.1 Å². The summed E-state index contributed by atoms with van der Waals surface area (Å²) in [4.78, 5) is 13.9. The van der Waals surface area contributed by atoms with Crippen molar-refractivity contribution in [1.82, 2.24) is 10.4 Å². The van der Waals surface area contributed by atoms with Crippen LogP contribution in [0.2, 0.25) is 0 Å². The Morgan fingerprint density at radius 2 is 2.29 bits per heavy atom. The molecule has 0 bridgehead atoms. The van der Waals surface area contributed by atoms with Crippen LogP contribution in [-0.2, 0) is 17.7 Å². The Morgan fingerprint density at radius 3 is 3.04 bits per heavy atom. The Morgan fingerprint density at radius 1 is 1.42 bits per heavy atom. The first-order valence-corrected chi connectivity index (χ1v) is 8.74. The van der Waals surface area contributed by atoms with Gasteiger partial charge in [-0.05, 0) is 56.2 Å². The average molecular weight is 334 g/mol. The fourth-order valence-electron chi connectivity index (χ4n) is 4.64. The van der Waals surface area contributed by atoms with Gasteiger partial charge in [0.1, 0.15) is 5.82 Å². The molecule has 2 fully saturated rings. The number of carbonyl (C=O) groups excluding carboxylic acids is 1. The van der Waals surface area contributed by atoms with Gasteiger partial charge >= 0.3 is 0 Å². The number of carbonyl (C=O) groups is 1. The molecule has 3 aliphatic rings. The molecule has 6 heteroatoms. The standard InChI is InChI=1S/C18H23FN2O3/c19-16-9-13(17(22)20-23)8-12-3-6-21(11-15(12)16)14-2-5-18(10-14)4-1-7-24-18/h8-9,14,23H,1-7,10-11H2,(H,20,22)/t14-,18-/m0/s1. The van der Waals surface area contributed by atoms with Crippen LogP contribution in [0.5, 0.6) is 0 Å². The number of nitrogens with zero attached hydrogens (tertiary/aromatic N) is 1. The first kappa shape index (κ1) is 16.0. The molecular weight excluding hydrogens is 311 g/mol. The number of benzene rings is 1. The Balaban J connectivity index is 1.51. The van der Waals surface area contributed by atoms with Crippen molar-refractivity contribution in [3.8, 4) is 0 Å². The van der Waals surface area contributed by atoms with E-state index in [0.717, 1.165) is 57.2 Å². The van der Waals surface area contributed by atoms with E-state index < -0.39 is 5.91 Å². The third-order valence-corrected chi connectivity index (χ3v) is 5.92. The zero-order chi connectivity index (χ0) is 16.7. The lowest BCUT2D eigenvalue weighted by atomic mass is 9.94. The van der Waals surface area contributed by atoms with Crippen molar-refractivity contribution in [3.63, 3.8) is 0 Å². The van der Waals surface area contributed by atoms with E-state index in [2.05, 4.69) is 4.90 Å². The van der Waals surface area contributed by atoms with Crippen LogP contribution in [0.1, 0.15) is 53.6 Å². The molecule has 24 heavy (non-hydrogen) atoms. The molecule has 2 aliphatic heterocycles. The molecule has 0 radical (unpaired) electrons. The largest absolute Gasteiger partial charge is 0.375 e. The van der Waals surface area contributed by atoms with Crippen LogP contribution >= 0.6 is 0 Å². The maximum absolute atomic E-state index is 14.5. The highest BCUT2D eigenvalue weighted by molar-refractivity contribution is 5.93. The monoisotopic (exact) mass is 334 g/mol. The quantitative estimate of drug-likeness (QED) is 0.644. The lowest BCUT2D eigenvalue weighted by Crippen LogP contribution is -2.40. The number of hydrogen-bond acceptors (Lipinski definition) is 4. The minimum absolute atomic E-state index is 0.0760. The van der Waals surface area contributed by atoms with Gasteiger partial charge in [-0.2, -0.15) is 0 Å². The summed E-state index contributed by atoms with van der Waals surface area (Å²) in [5.74, 6) is -1.03. The molecule has 2 heterocycles. The third-order valence-electron chi connectivity index (χ3n) is 5.92. The smallest absolute Gasteiger partial charge is 0.274 e. The van der Waals surface area contributed by atoms with E-state index in [1.165, 1.54) is 6.07 Å². The number of hydroxylamine groups is 1. The molecule has 1 amide bonds. The molecule has 1 aromatic rings. The van der Waals surface area contributed by atoms with Crippen molar-refractivity contribution in [3.05, 3.63) is 34.6 Å². The molecule has 5 nitrogen and oxygen atoms in total. The summed E-state index contributed by atoms with van der Waals surface area (Å²) in [6, 6.07) is 3.36. The molecule has 0 aromatic heterocycles. The third kappa shape index (κ3) is 2.72. The Bertz CT molecular complexity index is 658. The number of hydrogen-bond donors (Lipinski definition) is 2. The highest BCUT2D eigenvalue weighted by atomic mass is 19.1. The highest BCUT2D eigenvalue weighted by Crippen LogP contribution is 2.43. The average Bonchev–Trinajstić information content (AvgIpc) is 3.24. The fourth-order valence-corrected chi connectivity index (χ4v) is 4.64. The van der Waals surface area contributed by atoms with Crippen LogP contribution < -0.4 is 5.48 Å². The molecule has 4 rings (SSSR count). The van der Waals surface area contributed by atoms with Gasteiger partial charge in [0.2, 0.25) is 0 Å². The second-order valence-corrected chi connectivity index (χ2v) is 7.29. The second kappa shape index (κ2) is 6.10. The van der Waals surface area contributed by atoms with Gasteiger partial charge in [0.25, 0.3) is 5.91 Å². The maximum Gasteiger partial charge on any atom is 0.274 e. The van der Waals surface area contributed by atoms with Crippen LogP contribution in [0.25, 0.3) is 0 Å². The van der Waals surface area contributed by atoms with Crippen molar-refractivity contribution in [2.75, 3.05) is 13.2 Å². The first-order valence-electron chi connectivity index (χ1n) is 8.74. The molecule has 1 saturated heterocycles. The SMILES string of the molecule is O=C(NO)c1cc(F)c2c(c1)CCN([C@H]1CC[C@@]3(CCCO3)C1)C2. The summed E-state index contributed by atoms with van der Waals surface area (Å²) >= 11 is 0. The minimum atomic E-state index is -0.671.